The molecule has 0 aliphatic carbocycles. The first-order chi connectivity index (χ1) is 7.20. The van der Waals surface area contributed by atoms with Gasteiger partial charge in [0.2, 0.25) is 5.12 Å². The molecule has 0 bridgehead atoms. The summed E-state index contributed by atoms with van der Waals surface area (Å²) in [5.41, 5.74) is 0. The molecule has 3 atom stereocenters. The van der Waals surface area contributed by atoms with Crippen LogP contribution in [0.1, 0.15) is 33.1 Å². The van der Waals surface area contributed by atoms with Gasteiger partial charge in [0, 0.05) is 16.9 Å². The van der Waals surface area contributed by atoms with Gasteiger partial charge in [-0.25, -0.2) is 0 Å². The topological polar surface area (TPSA) is 18.5 Å². The van der Waals surface area contributed by atoms with Gasteiger partial charge in [-0.3, -0.25) is 0 Å². The van der Waals surface area contributed by atoms with Crippen LogP contribution in [0.3, 0.4) is 0 Å². The minimum atomic E-state index is -0.307. The highest BCUT2D eigenvalue weighted by Gasteiger charge is 2.40. The Morgan fingerprint density at radius 3 is 2.53 bits per heavy atom. The average molecular weight is 248 g/mol. The lowest BCUT2D eigenvalue weighted by atomic mass is 10.2. The molecule has 2 saturated heterocycles. The van der Waals surface area contributed by atoms with Gasteiger partial charge in [-0.05, 0) is 18.6 Å². The van der Waals surface area contributed by atoms with E-state index >= 15 is 0 Å². The molecule has 2 nitrogen and oxygen atoms in total. The maximum atomic E-state index is 6.01. The van der Waals surface area contributed by atoms with E-state index in [2.05, 4.69) is 13.8 Å². The van der Waals surface area contributed by atoms with E-state index < -0.39 is 0 Å². The zero-order valence-electron chi connectivity index (χ0n) is 9.53. The Morgan fingerprint density at radius 1 is 1.07 bits per heavy atom. The Balaban J connectivity index is 1.96. The van der Waals surface area contributed by atoms with Crippen molar-refractivity contribution < 1.29 is 9.47 Å². The van der Waals surface area contributed by atoms with Crippen molar-refractivity contribution in [1.82, 2.24) is 0 Å². The fourth-order valence-electron chi connectivity index (χ4n) is 1.92. The standard InChI is InChI=1S/C11H20O2S2/c1-9-7-12-11(5-3-4-6-14-9)13-8-10(2)15-11/h9-10H,3-8H2,1-2H3. The molecular weight excluding hydrogens is 228 g/mol. The van der Waals surface area contributed by atoms with Crippen LogP contribution in [0.4, 0.5) is 0 Å². The van der Waals surface area contributed by atoms with Crippen LogP contribution in [0.25, 0.3) is 0 Å². The van der Waals surface area contributed by atoms with Crippen molar-refractivity contribution in [2.75, 3.05) is 19.0 Å². The largest absolute Gasteiger partial charge is 0.340 e. The third-order valence-corrected chi connectivity index (χ3v) is 5.30. The second kappa shape index (κ2) is 5.30. The van der Waals surface area contributed by atoms with Crippen LogP contribution in [-0.4, -0.2) is 34.6 Å². The second-order valence-corrected chi connectivity index (χ2v) is 7.58. The Morgan fingerprint density at radius 2 is 1.80 bits per heavy atom. The first-order valence-electron chi connectivity index (χ1n) is 5.77. The first-order valence-corrected chi connectivity index (χ1v) is 7.70. The van der Waals surface area contributed by atoms with Crippen LogP contribution in [-0.2, 0) is 9.47 Å². The summed E-state index contributed by atoms with van der Waals surface area (Å²) in [4.78, 5) is 0. The number of ether oxygens (including phenoxy) is 2. The summed E-state index contributed by atoms with van der Waals surface area (Å²) in [5.74, 6) is 1.26. The highest BCUT2D eigenvalue weighted by Crippen LogP contribution is 2.43. The predicted molar refractivity (Wildman–Crippen MR) is 67.5 cm³/mol. The summed E-state index contributed by atoms with van der Waals surface area (Å²) < 4.78 is 11.9. The smallest absolute Gasteiger partial charge is 0.218 e. The Labute approximate surface area is 101 Å². The van der Waals surface area contributed by atoms with Crippen molar-refractivity contribution in [2.24, 2.45) is 0 Å². The van der Waals surface area contributed by atoms with Crippen molar-refractivity contribution in [2.45, 2.75) is 48.7 Å². The molecule has 4 heteroatoms. The molecule has 3 unspecified atom stereocenters. The van der Waals surface area contributed by atoms with Crippen LogP contribution >= 0.6 is 23.5 Å². The van der Waals surface area contributed by atoms with Crippen molar-refractivity contribution in [3.05, 3.63) is 0 Å². The van der Waals surface area contributed by atoms with E-state index in [1.165, 1.54) is 18.6 Å². The van der Waals surface area contributed by atoms with Crippen molar-refractivity contribution >= 4 is 23.5 Å². The molecule has 2 aliphatic heterocycles. The van der Waals surface area contributed by atoms with Crippen LogP contribution < -0.4 is 0 Å². The summed E-state index contributed by atoms with van der Waals surface area (Å²) in [6.07, 6.45) is 3.56. The Kier molecular flexibility index (Phi) is 4.27. The van der Waals surface area contributed by atoms with Crippen molar-refractivity contribution in [3.8, 4) is 0 Å². The van der Waals surface area contributed by atoms with Crippen LogP contribution in [0.2, 0.25) is 0 Å². The van der Waals surface area contributed by atoms with Crippen LogP contribution in [0, 0.1) is 0 Å². The number of hydrogen-bond donors (Lipinski definition) is 0. The van der Waals surface area contributed by atoms with Crippen molar-refractivity contribution in [1.29, 1.82) is 0 Å². The van der Waals surface area contributed by atoms with Crippen LogP contribution in [0.5, 0.6) is 0 Å². The molecule has 0 aromatic rings. The van der Waals surface area contributed by atoms with E-state index in [0.29, 0.717) is 10.5 Å². The molecule has 0 aromatic carbocycles. The van der Waals surface area contributed by atoms with E-state index in [9.17, 15) is 0 Å². The maximum Gasteiger partial charge on any atom is 0.218 e. The van der Waals surface area contributed by atoms with E-state index in [0.717, 1.165) is 19.6 Å². The third kappa shape index (κ3) is 3.29. The molecule has 88 valence electrons. The molecule has 2 fully saturated rings. The maximum absolute atomic E-state index is 6.01. The fourth-order valence-corrected chi connectivity index (χ4v) is 4.14. The first kappa shape index (κ1) is 12.1. The van der Waals surface area contributed by atoms with Gasteiger partial charge < -0.3 is 9.47 Å². The number of hydrogen-bond acceptors (Lipinski definition) is 4. The molecular formula is C11H20O2S2. The molecule has 0 aromatic heterocycles. The summed E-state index contributed by atoms with van der Waals surface area (Å²) in [6.45, 7) is 6.12. The van der Waals surface area contributed by atoms with E-state index in [1.807, 2.05) is 23.5 Å². The van der Waals surface area contributed by atoms with Gasteiger partial charge in [-0.15, -0.1) is 0 Å². The van der Waals surface area contributed by atoms with Gasteiger partial charge in [-0.2, -0.15) is 11.8 Å². The Bertz CT molecular complexity index is 213. The van der Waals surface area contributed by atoms with Gasteiger partial charge in [0.15, 0.2) is 0 Å². The van der Waals surface area contributed by atoms with Gasteiger partial charge in [0.25, 0.3) is 0 Å². The second-order valence-electron chi connectivity index (χ2n) is 4.37. The summed E-state index contributed by atoms with van der Waals surface area (Å²) >= 11 is 3.89. The van der Waals surface area contributed by atoms with Crippen molar-refractivity contribution in [3.63, 3.8) is 0 Å². The van der Waals surface area contributed by atoms with E-state index in [4.69, 9.17) is 9.47 Å². The fraction of sp³-hybridized carbons (Fsp3) is 1.00. The lowest BCUT2D eigenvalue weighted by molar-refractivity contribution is -0.162. The normalized spacial score (nSPS) is 43.6. The minimum absolute atomic E-state index is 0.307. The van der Waals surface area contributed by atoms with Gasteiger partial charge in [0.1, 0.15) is 0 Å². The van der Waals surface area contributed by atoms with Gasteiger partial charge >= 0.3 is 0 Å². The molecule has 15 heavy (non-hydrogen) atoms. The third-order valence-electron chi connectivity index (χ3n) is 2.74. The average Bonchev–Trinajstić information content (AvgIpc) is 2.60. The molecule has 0 saturated carbocycles. The lowest BCUT2D eigenvalue weighted by Gasteiger charge is -2.28. The van der Waals surface area contributed by atoms with Crippen LogP contribution in [0.15, 0.2) is 0 Å². The zero-order chi connectivity index (χ0) is 10.7. The molecule has 0 radical (unpaired) electrons. The van der Waals surface area contributed by atoms with Gasteiger partial charge in [-0.1, -0.05) is 25.6 Å². The summed E-state index contributed by atoms with van der Waals surface area (Å²) in [6, 6.07) is 0. The molecule has 1 spiro atoms. The SMILES string of the molecule is CC1COC2(CCCCS1)OCC(C)S2. The predicted octanol–water partition coefficient (Wildman–Crippen LogP) is 3.11. The van der Waals surface area contributed by atoms with E-state index in [-0.39, 0.29) is 5.12 Å². The zero-order valence-corrected chi connectivity index (χ0v) is 11.2. The monoisotopic (exact) mass is 248 g/mol. The summed E-state index contributed by atoms with van der Waals surface area (Å²) in [7, 11) is 0. The number of rotatable bonds is 0. The molecule has 2 aliphatic rings. The van der Waals surface area contributed by atoms with E-state index in [1.54, 1.807) is 0 Å². The highest BCUT2D eigenvalue weighted by atomic mass is 32.2. The molecule has 0 amide bonds. The summed E-state index contributed by atoms with van der Waals surface area (Å²) in [5, 5.41) is 0.868. The lowest BCUT2D eigenvalue weighted by Crippen LogP contribution is -2.30. The molecule has 0 N–H and O–H groups in total. The molecule has 2 rings (SSSR count). The number of thioether (sulfide) groups is 2. The Hall–Kier alpha value is 0.620. The minimum Gasteiger partial charge on any atom is -0.340 e. The molecule has 2 heterocycles. The quantitative estimate of drug-likeness (QED) is 0.655. The van der Waals surface area contributed by atoms with Gasteiger partial charge in [0.05, 0.1) is 13.2 Å². The highest BCUT2D eigenvalue weighted by molar-refractivity contribution is 8.01.